The van der Waals surface area contributed by atoms with Crippen molar-refractivity contribution >= 4 is 11.8 Å². The monoisotopic (exact) mass is 292 g/mol. The summed E-state index contributed by atoms with van der Waals surface area (Å²) in [6, 6.07) is 6.24. The van der Waals surface area contributed by atoms with Gasteiger partial charge in [-0.2, -0.15) is 0 Å². The summed E-state index contributed by atoms with van der Waals surface area (Å²) < 4.78 is 5.32. The molecule has 1 saturated carbocycles. The summed E-state index contributed by atoms with van der Waals surface area (Å²) in [6.07, 6.45) is 4.65. The van der Waals surface area contributed by atoms with E-state index in [1.165, 1.54) is 18.6 Å². The molecule has 0 bridgehead atoms. The number of nitro groups is 1. The predicted octanol–water partition coefficient (Wildman–Crippen LogP) is 3.71. The first-order chi connectivity index (χ1) is 10.1. The van der Waals surface area contributed by atoms with Gasteiger partial charge in [0, 0.05) is 18.2 Å². The number of nitrogens with one attached hydrogen (secondary N) is 1. The zero-order valence-corrected chi connectivity index (χ0v) is 12.1. The zero-order chi connectivity index (χ0) is 15.2. The van der Waals surface area contributed by atoms with Gasteiger partial charge in [0.15, 0.2) is 0 Å². The highest BCUT2D eigenvalue weighted by Gasteiger charge is 2.18. The van der Waals surface area contributed by atoms with E-state index in [1.54, 1.807) is 19.1 Å². The van der Waals surface area contributed by atoms with Crippen molar-refractivity contribution in [1.82, 2.24) is 5.32 Å². The molecule has 1 fully saturated rings. The third-order valence-electron chi connectivity index (χ3n) is 3.78. The van der Waals surface area contributed by atoms with Crippen molar-refractivity contribution < 1.29 is 14.5 Å². The minimum absolute atomic E-state index is 0.0256. The molecule has 2 rings (SSSR count). The van der Waals surface area contributed by atoms with E-state index in [0.717, 1.165) is 31.2 Å². The van der Waals surface area contributed by atoms with E-state index in [2.05, 4.69) is 5.32 Å². The van der Waals surface area contributed by atoms with Crippen LogP contribution in [0.4, 0.5) is 10.5 Å². The largest absolute Gasteiger partial charge is 0.442 e. The number of nitrogens with zero attached hydrogens (tertiary/aromatic N) is 1. The molecule has 6 heteroatoms. The van der Waals surface area contributed by atoms with Gasteiger partial charge in [-0.1, -0.05) is 19.3 Å². The minimum Gasteiger partial charge on any atom is -0.442 e. The van der Waals surface area contributed by atoms with Crippen LogP contribution in [0.1, 0.15) is 50.7 Å². The van der Waals surface area contributed by atoms with Gasteiger partial charge in [-0.15, -0.1) is 0 Å². The first-order valence-electron chi connectivity index (χ1n) is 7.28. The Labute approximate surface area is 123 Å². The van der Waals surface area contributed by atoms with Gasteiger partial charge in [-0.05, 0) is 37.5 Å². The Morgan fingerprint density at radius 3 is 2.48 bits per heavy atom. The Kier molecular flexibility index (Phi) is 5.14. The molecule has 6 nitrogen and oxygen atoms in total. The van der Waals surface area contributed by atoms with Crippen LogP contribution in [-0.4, -0.2) is 17.1 Å². The summed E-state index contributed by atoms with van der Waals surface area (Å²) in [5.74, 6) is 0. The Morgan fingerprint density at radius 1 is 1.29 bits per heavy atom. The smallest absolute Gasteiger partial charge is 0.407 e. The average molecular weight is 292 g/mol. The van der Waals surface area contributed by atoms with Gasteiger partial charge in [-0.3, -0.25) is 10.1 Å². The second kappa shape index (κ2) is 7.06. The van der Waals surface area contributed by atoms with E-state index in [4.69, 9.17) is 4.74 Å². The lowest BCUT2D eigenvalue weighted by atomic mass is 9.96. The van der Waals surface area contributed by atoms with Crippen LogP contribution in [0.5, 0.6) is 0 Å². The van der Waals surface area contributed by atoms with Crippen molar-refractivity contribution in [2.75, 3.05) is 0 Å². The van der Waals surface area contributed by atoms with E-state index in [-0.39, 0.29) is 11.7 Å². The van der Waals surface area contributed by atoms with E-state index in [0.29, 0.717) is 0 Å². The summed E-state index contributed by atoms with van der Waals surface area (Å²) in [7, 11) is 0. The van der Waals surface area contributed by atoms with Crippen LogP contribution in [-0.2, 0) is 4.74 Å². The summed E-state index contributed by atoms with van der Waals surface area (Å²) >= 11 is 0. The number of hydrogen-bond acceptors (Lipinski definition) is 4. The molecule has 0 aromatic heterocycles. The van der Waals surface area contributed by atoms with Crippen LogP contribution in [0.2, 0.25) is 0 Å². The molecule has 1 aliphatic rings. The molecule has 0 saturated heterocycles. The topological polar surface area (TPSA) is 81.5 Å². The van der Waals surface area contributed by atoms with Gasteiger partial charge < -0.3 is 10.1 Å². The first kappa shape index (κ1) is 15.3. The SMILES string of the molecule is CC(OC(=O)NC1CCCCC1)c1ccc([N+](=O)[O-])cc1. The van der Waals surface area contributed by atoms with Gasteiger partial charge in [0.2, 0.25) is 0 Å². The maximum Gasteiger partial charge on any atom is 0.407 e. The summed E-state index contributed by atoms with van der Waals surface area (Å²) in [4.78, 5) is 22.0. The summed E-state index contributed by atoms with van der Waals surface area (Å²) in [6.45, 7) is 1.75. The van der Waals surface area contributed by atoms with Crippen LogP contribution in [0, 0.1) is 10.1 Å². The number of benzene rings is 1. The summed E-state index contributed by atoms with van der Waals surface area (Å²) in [5.41, 5.74) is 0.761. The maximum atomic E-state index is 11.8. The zero-order valence-electron chi connectivity index (χ0n) is 12.1. The Bertz CT molecular complexity index is 495. The van der Waals surface area contributed by atoms with Crippen LogP contribution in [0.3, 0.4) is 0 Å². The standard InChI is InChI=1S/C15H20N2O4/c1-11(12-7-9-14(10-8-12)17(19)20)21-15(18)16-13-5-3-2-4-6-13/h7-11,13H,2-6H2,1H3,(H,16,18). The second-order valence-corrected chi connectivity index (χ2v) is 5.38. The van der Waals surface area contributed by atoms with Gasteiger partial charge in [0.1, 0.15) is 6.10 Å². The van der Waals surface area contributed by atoms with Gasteiger partial charge in [-0.25, -0.2) is 4.79 Å². The number of nitro benzene ring substituents is 1. The van der Waals surface area contributed by atoms with Crippen molar-refractivity contribution in [1.29, 1.82) is 0 Å². The van der Waals surface area contributed by atoms with Crippen LogP contribution in [0.15, 0.2) is 24.3 Å². The Balaban J connectivity index is 1.86. The lowest BCUT2D eigenvalue weighted by Gasteiger charge is -2.23. The number of rotatable bonds is 4. The lowest BCUT2D eigenvalue weighted by molar-refractivity contribution is -0.384. The van der Waals surface area contributed by atoms with Crippen molar-refractivity contribution in [2.45, 2.75) is 51.2 Å². The number of ether oxygens (including phenoxy) is 1. The molecule has 0 aliphatic heterocycles. The Morgan fingerprint density at radius 2 is 1.90 bits per heavy atom. The minimum atomic E-state index is -0.453. The fourth-order valence-corrected chi connectivity index (χ4v) is 2.54. The molecule has 0 spiro atoms. The highest BCUT2D eigenvalue weighted by molar-refractivity contribution is 5.68. The Hall–Kier alpha value is -2.11. The maximum absolute atomic E-state index is 11.8. The van der Waals surface area contributed by atoms with Crippen molar-refractivity contribution in [2.24, 2.45) is 0 Å². The summed E-state index contributed by atoms with van der Waals surface area (Å²) in [5, 5.41) is 13.5. The predicted molar refractivity (Wildman–Crippen MR) is 78.0 cm³/mol. The number of carbonyl (C=O) groups is 1. The molecular formula is C15H20N2O4. The number of hydrogen-bond donors (Lipinski definition) is 1. The molecule has 21 heavy (non-hydrogen) atoms. The molecule has 0 radical (unpaired) electrons. The van der Waals surface area contributed by atoms with E-state index in [9.17, 15) is 14.9 Å². The lowest BCUT2D eigenvalue weighted by Crippen LogP contribution is -2.36. The van der Waals surface area contributed by atoms with Crippen LogP contribution >= 0.6 is 0 Å². The normalized spacial score (nSPS) is 17.0. The molecule has 1 aliphatic carbocycles. The molecule has 1 aromatic rings. The second-order valence-electron chi connectivity index (χ2n) is 5.38. The van der Waals surface area contributed by atoms with Crippen LogP contribution < -0.4 is 5.32 Å². The molecular weight excluding hydrogens is 272 g/mol. The molecule has 0 heterocycles. The average Bonchev–Trinajstić information content (AvgIpc) is 2.48. The fraction of sp³-hybridized carbons (Fsp3) is 0.533. The molecule has 1 aromatic carbocycles. The van der Waals surface area contributed by atoms with Gasteiger partial charge in [0.25, 0.3) is 5.69 Å². The van der Waals surface area contributed by atoms with E-state index >= 15 is 0 Å². The van der Waals surface area contributed by atoms with Crippen molar-refractivity contribution in [3.63, 3.8) is 0 Å². The number of alkyl carbamates (subject to hydrolysis) is 1. The highest BCUT2D eigenvalue weighted by Crippen LogP contribution is 2.21. The molecule has 1 unspecified atom stereocenters. The number of carbonyl (C=O) groups excluding carboxylic acids is 1. The number of non-ortho nitro benzene ring substituents is 1. The highest BCUT2D eigenvalue weighted by atomic mass is 16.6. The molecule has 1 amide bonds. The van der Waals surface area contributed by atoms with E-state index < -0.39 is 17.1 Å². The first-order valence-corrected chi connectivity index (χ1v) is 7.28. The van der Waals surface area contributed by atoms with E-state index in [1.807, 2.05) is 0 Å². The number of amides is 1. The van der Waals surface area contributed by atoms with Gasteiger partial charge >= 0.3 is 6.09 Å². The molecule has 1 atom stereocenters. The quantitative estimate of drug-likeness (QED) is 0.677. The van der Waals surface area contributed by atoms with Crippen LogP contribution in [0.25, 0.3) is 0 Å². The van der Waals surface area contributed by atoms with Crippen molar-refractivity contribution in [3.8, 4) is 0 Å². The van der Waals surface area contributed by atoms with Crippen molar-refractivity contribution in [3.05, 3.63) is 39.9 Å². The third kappa shape index (κ3) is 4.44. The fourth-order valence-electron chi connectivity index (χ4n) is 2.54. The third-order valence-corrected chi connectivity index (χ3v) is 3.78. The molecule has 1 N–H and O–H groups in total. The molecule has 114 valence electrons. The van der Waals surface area contributed by atoms with Gasteiger partial charge in [0.05, 0.1) is 4.92 Å².